The van der Waals surface area contributed by atoms with Gasteiger partial charge in [-0.2, -0.15) is 4.31 Å². The van der Waals surface area contributed by atoms with E-state index in [2.05, 4.69) is 36.2 Å². The fourth-order valence-corrected chi connectivity index (χ4v) is 5.27. The normalized spacial score (nSPS) is 14.9. The van der Waals surface area contributed by atoms with Gasteiger partial charge in [-0.1, -0.05) is 44.2 Å². The van der Waals surface area contributed by atoms with Gasteiger partial charge in [-0.05, 0) is 55.3 Å². The molecule has 1 fully saturated rings. The van der Waals surface area contributed by atoms with Gasteiger partial charge in [-0.25, -0.2) is 8.42 Å². The molecule has 1 aliphatic heterocycles. The topological polar surface area (TPSA) is 69.7 Å². The third-order valence-corrected chi connectivity index (χ3v) is 7.44. The zero-order chi connectivity index (χ0) is 21.6. The Kier molecular flexibility index (Phi) is 7.64. The van der Waals surface area contributed by atoms with Gasteiger partial charge in [-0.15, -0.1) is 0 Å². The molecule has 0 aromatic heterocycles. The summed E-state index contributed by atoms with van der Waals surface area (Å²) in [6.07, 6.45) is 1.76. The highest BCUT2D eigenvalue weighted by molar-refractivity contribution is 7.89. The van der Waals surface area contributed by atoms with E-state index in [1.807, 2.05) is 12.1 Å². The van der Waals surface area contributed by atoms with Crippen molar-refractivity contribution in [2.45, 2.75) is 44.7 Å². The number of carbonyl (C=O) groups is 1. The average molecular weight is 430 g/mol. The lowest BCUT2D eigenvalue weighted by Crippen LogP contribution is -2.28. The summed E-state index contributed by atoms with van der Waals surface area (Å²) in [4.78, 5) is 15.2. The maximum Gasteiger partial charge on any atom is 0.251 e. The summed E-state index contributed by atoms with van der Waals surface area (Å²) >= 11 is 0. The zero-order valence-corrected chi connectivity index (χ0v) is 18.6. The number of nitrogens with zero attached hydrogens (tertiary/aromatic N) is 2. The zero-order valence-electron chi connectivity index (χ0n) is 17.8. The first-order chi connectivity index (χ1) is 14.4. The Morgan fingerprint density at radius 1 is 1.00 bits per heavy atom. The fraction of sp³-hybridized carbons (Fsp3) is 0.435. The maximum absolute atomic E-state index is 12.8. The first-order valence-electron chi connectivity index (χ1n) is 10.6. The fourth-order valence-electron chi connectivity index (χ4n) is 3.70. The van der Waals surface area contributed by atoms with Crippen molar-refractivity contribution in [3.8, 4) is 0 Å². The summed E-state index contributed by atoms with van der Waals surface area (Å²) < 4.78 is 27.0. The van der Waals surface area contributed by atoms with Gasteiger partial charge in [0.15, 0.2) is 0 Å². The second-order valence-corrected chi connectivity index (χ2v) is 9.54. The van der Waals surface area contributed by atoms with Crippen molar-refractivity contribution in [2.75, 3.05) is 26.2 Å². The third kappa shape index (κ3) is 5.47. The molecule has 1 heterocycles. The van der Waals surface area contributed by atoms with E-state index in [0.717, 1.165) is 38.0 Å². The van der Waals surface area contributed by atoms with Crippen LogP contribution in [0.2, 0.25) is 0 Å². The molecule has 6 nitrogen and oxygen atoms in total. The predicted molar refractivity (Wildman–Crippen MR) is 119 cm³/mol. The molecule has 0 radical (unpaired) electrons. The van der Waals surface area contributed by atoms with Crippen LogP contribution in [0.4, 0.5) is 0 Å². The molecular weight excluding hydrogens is 398 g/mol. The Balaban J connectivity index is 1.66. The number of rotatable bonds is 9. The minimum atomic E-state index is -3.54. The second kappa shape index (κ2) is 10.2. The van der Waals surface area contributed by atoms with Crippen molar-refractivity contribution in [1.29, 1.82) is 0 Å². The average Bonchev–Trinajstić information content (AvgIpc) is 3.32. The van der Waals surface area contributed by atoms with Crippen molar-refractivity contribution >= 4 is 15.9 Å². The van der Waals surface area contributed by atoms with Crippen molar-refractivity contribution in [2.24, 2.45) is 0 Å². The maximum atomic E-state index is 12.8. The second-order valence-electron chi connectivity index (χ2n) is 7.60. The van der Waals surface area contributed by atoms with E-state index < -0.39 is 10.0 Å². The number of benzene rings is 2. The highest BCUT2D eigenvalue weighted by atomic mass is 32.2. The summed E-state index contributed by atoms with van der Waals surface area (Å²) in [7, 11) is -3.54. The van der Waals surface area contributed by atoms with Gasteiger partial charge in [0.05, 0.1) is 4.90 Å². The molecule has 0 aliphatic carbocycles. The molecule has 2 aromatic rings. The highest BCUT2D eigenvalue weighted by Gasteiger charge is 2.27. The molecule has 3 rings (SSSR count). The van der Waals surface area contributed by atoms with Gasteiger partial charge in [0, 0.05) is 31.7 Å². The van der Waals surface area contributed by atoms with Crippen molar-refractivity contribution < 1.29 is 13.2 Å². The molecule has 0 saturated carbocycles. The van der Waals surface area contributed by atoms with Crippen LogP contribution < -0.4 is 5.32 Å². The Morgan fingerprint density at radius 3 is 2.37 bits per heavy atom. The minimum Gasteiger partial charge on any atom is -0.348 e. The first-order valence-corrected chi connectivity index (χ1v) is 12.1. The Hall–Kier alpha value is -2.22. The molecule has 0 spiro atoms. The molecule has 2 aromatic carbocycles. The van der Waals surface area contributed by atoms with E-state index >= 15 is 0 Å². The number of carbonyl (C=O) groups excluding carboxylic acids is 1. The van der Waals surface area contributed by atoms with Crippen LogP contribution in [0.15, 0.2) is 53.4 Å². The van der Waals surface area contributed by atoms with E-state index in [9.17, 15) is 13.2 Å². The van der Waals surface area contributed by atoms with Crippen molar-refractivity contribution in [1.82, 2.24) is 14.5 Å². The van der Waals surface area contributed by atoms with Gasteiger partial charge >= 0.3 is 0 Å². The van der Waals surface area contributed by atoms with E-state index in [-0.39, 0.29) is 10.8 Å². The van der Waals surface area contributed by atoms with Crippen LogP contribution in [0.1, 0.15) is 48.2 Å². The monoisotopic (exact) mass is 429 g/mol. The van der Waals surface area contributed by atoms with Gasteiger partial charge in [0.1, 0.15) is 0 Å². The smallest absolute Gasteiger partial charge is 0.251 e. The van der Waals surface area contributed by atoms with Gasteiger partial charge < -0.3 is 5.32 Å². The third-order valence-electron chi connectivity index (χ3n) is 5.54. The molecule has 7 heteroatoms. The molecule has 0 atom stereocenters. The Bertz CT molecular complexity index is 965. The summed E-state index contributed by atoms with van der Waals surface area (Å²) in [5.41, 5.74) is 2.59. The predicted octanol–water partition coefficient (Wildman–Crippen LogP) is 3.24. The van der Waals surface area contributed by atoms with Crippen LogP contribution in [-0.4, -0.2) is 49.7 Å². The number of sulfonamides is 1. The van der Waals surface area contributed by atoms with E-state index in [1.54, 1.807) is 18.2 Å². The summed E-state index contributed by atoms with van der Waals surface area (Å²) in [6, 6.07) is 14.5. The number of hydrogen-bond donors (Lipinski definition) is 1. The van der Waals surface area contributed by atoms with Crippen LogP contribution in [0.3, 0.4) is 0 Å². The van der Waals surface area contributed by atoms with Crippen molar-refractivity contribution in [3.63, 3.8) is 0 Å². The standard InChI is InChI=1S/C23H31N3O3S/c1-3-25(4-2)18-20-10-7-9-19(15-20)17-24-23(27)21-11-8-12-22(16-21)30(28,29)26-13-5-6-14-26/h7-12,15-16H,3-6,13-14,17-18H2,1-2H3,(H,24,27). The van der Waals surface area contributed by atoms with Gasteiger partial charge in [0.2, 0.25) is 10.0 Å². The molecule has 1 saturated heterocycles. The van der Waals surface area contributed by atoms with Crippen LogP contribution in [0.25, 0.3) is 0 Å². The molecule has 1 N–H and O–H groups in total. The summed E-state index contributed by atoms with van der Waals surface area (Å²) in [6.45, 7) is 8.64. The quantitative estimate of drug-likeness (QED) is 0.664. The highest BCUT2D eigenvalue weighted by Crippen LogP contribution is 2.21. The van der Waals surface area contributed by atoms with Gasteiger partial charge in [-0.3, -0.25) is 9.69 Å². The molecule has 0 bridgehead atoms. The lowest BCUT2D eigenvalue weighted by molar-refractivity contribution is 0.0950. The molecule has 1 aliphatic rings. The molecule has 0 unspecified atom stereocenters. The Morgan fingerprint density at radius 2 is 1.67 bits per heavy atom. The van der Waals surface area contributed by atoms with Crippen LogP contribution >= 0.6 is 0 Å². The van der Waals surface area contributed by atoms with E-state index in [4.69, 9.17) is 0 Å². The first kappa shape index (κ1) is 22.5. The largest absolute Gasteiger partial charge is 0.348 e. The minimum absolute atomic E-state index is 0.179. The summed E-state index contributed by atoms with van der Waals surface area (Å²) in [5.74, 6) is -0.275. The summed E-state index contributed by atoms with van der Waals surface area (Å²) in [5, 5.41) is 2.91. The number of amides is 1. The molecule has 1 amide bonds. The van der Waals surface area contributed by atoms with E-state index in [1.165, 1.54) is 15.9 Å². The van der Waals surface area contributed by atoms with Crippen LogP contribution in [-0.2, 0) is 23.1 Å². The molecule has 162 valence electrons. The molecular formula is C23H31N3O3S. The van der Waals surface area contributed by atoms with Gasteiger partial charge in [0.25, 0.3) is 5.91 Å². The van der Waals surface area contributed by atoms with Crippen molar-refractivity contribution in [3.05, 3.63) is 65.2 Å². The number of hydrogen-bond acceptors (Lipinski definition) is 4. The van der Waals surface area contributed by atoms with E-state index in [0.29, 0.717) is 25.2 Å². The SMILES string of the molecule is CCN(CC)Cc1cccc(CNC(=O)c2cccc(S(=O)(=O)N3CCCC3)c2)c1. The molecule has 30 heavy (non-hydrogen) atoms. The van der Waals surface area contributed by atoms with Crippen LogP contribution in [0, 0.1) is 0 Å². The Labute approximate surface area is 179 Å². The lowest BCUT2D eigenvalue weighted by Gasteiger charge is -2.18. The lowest BCUT2D eigenvalue weighted by atomic mass is 10.1. The van der Waals surface area contributed by atoms with Crippen LogP contribution in [0.5, 0.6) is 0 Å². The number of nitrogens with one attached hydrogen (secondary N) is 1.